The summed E-state index contributed by atoms with van der Waals surface area (Å²) in [6.07, 6.45) is 0.0827. The Morgan fingerprint density at radius 3 is 2.06 bits per heavy atom. The summed E-state index contributed by atoms with van der Waals surface area (Å²) >= 11 is 0. The normalized spacial score (nSPS) is 15.0. The van der Waals surface area contributed by atoms with Gasteiger partial charge in [-0.2, -0.15) is 0 Å². The fourth-order valence-electron chi connectivity index (χ4n) is 3.54. The number of hydrogen-bond acceptors (Lipinski definition) is 5. The summed E-state index contributed by atoms with van der Waals surface area (Å²) in [4.78, 5) is 24.8. The summed E-state index contributed by atoms with van der Waals surface area (Å²) in [6.45, 7) is 10.8. The molecule has 0 unspecified atom stereocenters. The zero-order valence-electron chi connectivity index (χ0n) is 20.5. The van der Waals surface area contributed by atoms with E-state index in [1.165, 1.54) is 5.56 Å². The molecule has 0 heterocycles. The highest BCUT2D eigenvalue weighted by atomic mass is 16.6. The molecule has 2 aromatic rings. The van der Waals surface area contributed by atoms with Crippen molar-refractivity contribution < 1.29 is 23.8 Å². The molecule has 4 atom stereocenters. The number of carbonyl (C=O) groups is 2. The molecule has 2 rings (SSSR count). The van der Waals surface area contributed by atoms with Crippen LogP contribution in [0.3, 0.4) is 0 Å². The van der Waals surface area contributed by atoms with Crippen molar-refractivity contribution >= 4 is 12.1 Å². The van der Waals surface area contributed by atoms with E-state index >= 15 is 0 Å². The Morgan fingerprint density at radius 2 is 1.52 bits per heavy atom. The van der Waals surface area contributed by atoms with Crippen LogP contribution in [0.15, 0.2) is 60.7 Å². The van der Waals surface area contributed by atoms with Gasteiger partial charge in [0.15, 0.2) is 0 Å². The number of ether oxygens (including phenoxy) is 3. The quantitative estimate of drug-likeness (QED) is 0.476. The monoisotopic (exact) mass is 455 g/mol. The minimum atomic E-state index is -0.853. The summed E-state index contributed by atoms with van der Waals surface area (Å²) in [7, 11) is 0. The zero-order valence-corrected chi connectivity index (χ0v) is 20.5. The highest BCUT2D eigenvalue weighted by molar-refractivity contribution is 5.81. The lowest BCUT2D eigenvalue weighted by atomic mass is 9.89. The number of benzene rings is 2. The van der Waals surface area contributed by atoms with E-state index in [-0.39, 0.29) is 12.0 Å². The van der Waals surface area contributed by atoms with Crippen LogP contribution in [0.25, 0.3) is 0 Å². The maximum absolute atomic E-state index is 12.7. The molecule has 0 bridgehead atoms. The minimum Gasteiger partial charge on any atom is -0.486 e. The van der Waals surface area contributed by atoms with Crippen LogP contribution in [0.2, 0.25) is 0 Å². The second-order valence-electron chi connectivity index (χ2n) is 9.26. The van der Waals surface area contributed by atoms with Gasteiger partial charge >= 0.3 is 12.1 Å². The Morgan fingerprint density at radius 1 is 0.939 bits per heavy atom. The molecule has 1 amide bonds. The molecule has 33 heavy (non-hydrogen) atoms. The number of alkyl carbamates (subject to hydrolysis) is 1. The van der Waals surface area contributed by atoms with Crippen LogP contribution in [-0.2, 0) is 20.7 Å². The van der Waals surface area contributed by atoms with Gasteiger partial charge < -0.3 is 19.5 Å². The minimum absolute atomic E-state index is 0.115. The fourth-order valence-corrected chi connectivity index (χ4v) is 3.54. The van der Waals surface area contributed by atoms with Crippen molar-refractivity contribution in [1.82, 2.24) is 5.32 Å². The van der Waals surface area contributed by atoms with Gasteiger partial charge in [-0.1, -0.05) is 55.5 Å². The summed E-state index contributed by atoms with van der Waals surface area (Å²) in [6, 6.07) is 18.9. The third-order valence-electron chi connectivity index (χ3n) is 5.20. The molecular weight excluding hydrogens is 418 g/mol. The largest absolute Gasteiger partial charge is 0.486 e. The Balaban J connectivity index is 2.12. The molecule has 1 N–H and O–H groups in total. The summed E-state index contributed by atoms with van der Waals surface area (Å²) in [5.74, 6) is 0.297. The molecule has 0 saturated heterocycles. The first kappa shape index (κ1) is 26.2. The molecule has 0 aliphatic carbocycles. The number of hydrogen-bond donors (Lipinski definition) is 1. The van der Waals surface area contributed by atoms with Crippen LogP contribution in [-0.4, -0.2) is 35.9 Å². The fraction of sp³-hybridized carbons (Fsp3) is 0.481. The third-order valence-corrected chi connectivity index (χ3v) is 5.20. The van der Waals surface area contributed by atoms with E-state index in [9.17, 15) is 9.59 Å². The lowest BCUT2D eigenvalue weighted by Gasteiger charge is -2.32. The molecule has 6 nitrogen and oxygen atoms in total. The second-order valence-corrected chi connectivity index (χ2v) is 9.26. The molecule has 0 aliphatic rings. The van der Waals surface area contributed by atoms with Gasteiger partial charge in [-0.15, -0.1) is 0 Å². The Labute approximate surface area is 197 Å². The molecule has 2 aromatic carbocycles. The molecule has 0 aromatic heterocycles. The third kappa shape index (κ3) is 9.16. The predicted molar refractivity (Wildman–Crippen MR) is 129 cm³/mol. The summed E-state index contributed by atoms with van der Waals surface area (Å²) in [5, 5.41) is 2.54. The Bertz CT molecular complexity index is 863. The van der Waals surface area contributed by atoms with Gasteiger partial charge in [0, 0.05) is 5.92 Å². The number of carbonyl (C=O) groups excluding carboxylic acids is 2. The first-order valence-electron chi connectivity index (χ1n) is 11.5. The molecular formula is C27H37NO5. The number of amides is 1. The summed E-state index contributed by atoms with van der Waals surface area (Å²) in [5.41, 5.74) is 0.547. The van der Waals surface area contributed by atoms with Gasteiger partial charge in [0.1, 0.15) is 29.6 Å². The lowest BCUT2D eigenvalue weighted by Crippen LogP contribution is -2.46. The molecule has 0 fully saturated rings. The highest BCUT2D eigenvalue weighted by Gasteiger charge is 2.32. The van der Waals surface area contributed by atoms with E-state index in [1.54, 1.807) is 27.7 Å². The van der Waals surface area contributed by atoms with Crippen molar-refractivity contribution in [3.63, 3.8) is 0 Å². The average molecular weight is 456 g/mol. The van der Waals surface area contributed by atoms with Crippen LogP contribution in [0, 0.1) is 5.92 Å². The number of rotatable bonds is 10. The van der Waals surface area contributed by atoms with Crippen molar-refractivity contribution in [3.8, 4) is 5.75 Å². The van der Waals surface area contributed by atoms with Crippen molar-refractivity contribution in [2.24, 2.45) is 5.92 Å². The standard InChI is InChI=1S/C27H37NO5/c1-7-22(18-21-14-10-8-11-15-21)24(32-23-16-12-9-13-17-23)20(3)31-25(29)19(2)28-26(30)33-27(4,5)6/h8-17,19-20,22,24H,7,18H2,1-6H3,(H,28,30)/t19-,20-,22+,24-/m0/s1. The second kappa shape index (κ2) is 12.3. The van der Waals surface area contributed by atoms with Gasteiger partial charge in [0.05, 0.1) is 0 Å². The first-order chi connectivity index (χ1) is 15.6. The van der Waals surface area contributed by atoms with E-state index in [0.29, 0.717) is 0 Å². The van der Waals surface area contributed by atoms with E-state index in [2.05, 4.69) is 24.4 Å². The van der Waals surface area contributed by atoms with Gasteiger partial charge in [-0.05, 0) is 65.2 Å². The molecule has 0 radical (unpaired) electrons. The highest BCUT2D eigenvalue weighted by Crippen LogP contribution is 2.25. The first-order valence-corrected chi connectivity index (χ1v) is 11.5. The topological polar surface area (TPSA) is 73.9 Å². The van der Waals surface area contributed by atoms with Crippen molar-refractivity contribution in [2.75, 3.05) is 0 Å². The summed E-state index contributed by atoms with van der Waals surface area (Å²) < 4.78 is 17.3. The molecule has 0 spiro atoms. The number of nitrogens with one attached hydrogen (secondary N) is 1. The Hall–Kier alpha value is -3.02. The lowest BCUT2D eigenvalue weighted by molar-refractivity contribution is -0.156. The van der Waals surface area contributed by atoms with Crippen LogP contribution >= 0.6 is 0 Å². The smallest absolute Gasteiger partial charge is 0.408 e. The van der Waals surface area contributed by atoms with Gasteiger partial charge in [-0.3, -0.25) is 0 Å². The maximum Gasteiger partial charge on any atom is 0.408 e. The van der Waals surface area contributed by atoms with Crippen LogP contribution < -0.4 is 10.1 Å². The van der Waals surface area contributed by atoms with Crippen LogP contribution in [0.5, 0.6) is 5.75 Å². The predicted octanol–water partition coefficient (Wildman–Crippen LogP) is 5.55. The van der Waals surface area contributed by atoms with Crippen molar-refractivity contribution in [3.05, 3.63) is 66.2 Å². The molecule has 180 valence electrons. The van der Waals surface area contributed by atoms with Crippen molar-refractivity contribution in [2.45, 2.75) is 78.2 Å². The van der Waals surface area contributed by atoms with Gasteiger partial charge in [0.2, 0.25) is 0 Å². The SMILES string of the molecule is CC[C@H](Cc1ccccc1)[C@@H](Oc1ccccc1)[C@H](C)OC(=O)[C@H](C)NC(=O)OC(C)(C)C. The van der Waals surface area contributed by atoms with Gasteiger partial charge in [0.25, 0.3) is 0 Å². The maximum atomic E-state index is 12.7. The average Bonchev–Trinajstić information content (AvgIpc) is 2.76. The number of para-hydroxylation sites is 1. The van der Waals surface area contributed by atoms with Crippen LogP contribution in [0.4, 0.5) is 4.79 Å². The Kier molecular flexibility index (Phi) is 9.76. The molecule has 6 heteroatoms. The van der Waals surface area contributed by atoms with E-state index < -0.39 is 29.8 Å². The van der Waals surface area contributed by atoms with E-state index in [1.807, 2.05) is 55.5 Å². The van der Waals surface area contributed by atoms with Crippen LogP contribution in [0.1, 0.15) is 53.5 Å². The zero-order chi connectivity index (χ0) is 24.4. The van der Waals surface area contributed by atoms with Gasteiger partial charge in [-0.25, -0.2) is 9.59 Å². The van der Waals surface area contributed by atoms with E-state index in [0.717, 1.165) is 18.6 Å². The van der Waals surface area contributed by atoms with Crippen molar-refractivity contribution in [1.29, 1.82) is 0 Å². The number of esters is 1. The van der Waals surface area contributed by atoms with E-state index in [4.69, 9.17) is 14.2 Å². The molecule has 0 aliphatic heterocycles. The molecule has 0 saturated carbocycles.